The Morgan fingerprint density at radius 2 is 2.10 bits per heavy atom. The summed E-state index contributed by atoms with van der Waals surface area (Å²) in [4.78, 5) is 16.2. The Labute approximate surface area is 122 Å². The van der Waals surface area contributed by atoms with Crippen LogP contribution in [0.1, 0.15) is 16.1 Å². The van der Waals surface area contributed by atoms with E-state index in [-0.39, 0.29) is 22.3 Å². The second-order valence-corrected chi connectivity index (χ2v) is 5.75. The van der Waals surface area contributed by atoms with Crippen LogP contribution in [0.15, 0.2) is 16.9 Å². The molecule has 0 N–H and O–H groups in total. The van der Waals surface area contributed by atoms with Gasteiger partial charge in [-0.3, -0.25) is 4.79 Å². The molecule has 1 aromatic carbocycles. The molecule has 0 atom stereocenters. The van der Waals surface area contributed by atoms with Crippen molar-refractivity contribution in [1.29, 1.82) is 0 Å². The number of hydrogen-bond donors (Lipinski definition) is 0. The second kappa shape index (κ2) is 5.00. The Morgan fingerprint density at radius 3 is 2.86 bits per heavy atom. The van der Waals surface area contributed by atoms with Crippen LogP contribution < -0.4 is 5.56 Å². The van der Waals surface area contributed by atoms with E-state index in [1.54, 1.807) is 13.8 Å². The van der Waals surface area contributed by atoms with E-state index in [0.717, 1.165) is 17.4 Å². The lowest BCUT2D eigenvalue weighted by Crippen LogP contribution is -2.26. The maximum Gasteiger partial charge on any atom is 0.270 e. The van der Waals surface area contributed by atoms with Gasteiger partial charge in [-0.25, -0.2) is 18.4 Å². The molecule has 7 heteroatoms. The van der Waals surface area contributed by atoms with Crippen LogP contribution >= 0.6 is 11.3 Å². The van der Waals surface area contributed by atoms with Crippen molar-refractivity contribution in [3.05, 3.63) is 56.5 Å². The molecule has 0 spiro atoms. The minimum absolute atomic E-state index is 0.108. The van der Waals surface area contributed by atoms with Gasteiger partial charge in [-0.2, -0.15) is 5.10 Å². The van der Waals surface area contributed by atoms with Crippen LogP contribution in [0.5, 0.6) is 0 Å². The molecule has 0 aliphatic carbocycles. The topological polar surface area (TPSA) is 47.8 Å². The number of fused-ring (bicyclic) bond motifs is 1. The molecule has 0 fully saturated rings. The number of nitrogens with zero attached hydrogens (tertiary/aromatic N) is 3. The molecule has 3 aromatic rings. The molecule has 0 saturated carbocycles. The lowest BCUT2D eigenvalue weighted by molar-refractivity contribution is 0.592. The molecule has 0 saturated heterocycles. The summed E-state index contributed by atoms with van der Waals surface area (Å²) in [5.74, 6) is -1.33. The van der Waals surface area contributed by atoms with Gasteiger partial charge < -0.3 is 0 Å². The highest BCUT2D eigenvalue weighted by molar-refractivity contribution is 7.18. The highest BCUT2D eigenvalue weighted by atomic mass is 32.1. The van der Waals surface area contributed by atoms with Crippen molar-refractivity contribution in [2.75, 3.05) is 0 Å². The van der Waals surface area contributed by atoms with Gasteiger partial charge in [0, 0.05) is 17.7 Å². The lowest BCUT2D eigenvalue weighted by atomic mass is 10.2. The number of hydrogen-bond acceptors (Lipinski definition) is 4. The first-order chi connectivity index (χ1) is 9.95. The number of aromatic nitrogens is 3. The smallest absolute Gasteiger partial charge is 0.267 e. The summed E-state index contributed by atoms with van der Waals surface area (Å²) in [6, 6.07) is 1.99. The van der Waals surface area contributed by atoms with E-state index in [9.17, 15) is 13.6 Å². The maximum atomic E-state index is 13.6. The van der Waals surface area contributed by atoms with Gasteiger partial charge in [0.25, 0.3) is 5.56 Å². The maximum absolute atomic E-state index is 13.6. The quantitative estimate of drug-likeness (QED) is 0.731. The Balaban J connectivity index is 2.05. The predicted octanol–water partition coefficient (Wildman–Crippen LogP) is 2.60. The molecule has 2 heterocycles. The molecule has 0 amide bonds. The fraction of sp³-hybridized carbons (Fsp3) is 0.214. The van der Waals surface area contributed by atoms with Gasteiger partial charge >= 0.3 is 0 Å². The van der Waals surface area contributed by atoms with Crippen molar-refractivity contribution in [2.24, 2.45) is 0 Å². The van der Waals surface area contributed by atoms with Crippen LogP contribution in [-0.4, -0.2) is 14.8 Å². The first-order valence-corrected chi connectivity index (χ1v) is 6.98. The average Bonchev–Trinajstić information content (AvgIpc) is 2.82. The van der Waals surface area contributed by atoms with Crippen molar-refractivity contribution >= 4 is 21.6 Å². The van der Waals surface area contributed by atoms with Crippen molar-refractivity contribution < 1.29 is 8.78 Å². The van der Waals surface area contributed by atoms with Gasteiger partial charge in [0.2, 0.25) is 0 Å². The minimum atomic E-state index is -0.674. The Kier molecular flexibility index (Phi) is 3.29. The lowest BCUT2D eigenvalue weighted by Gasteiger charge is -2.03. The molecule has 0 aliphatic rings. The zero-order chi connectivity index (χ0) is 15.1. The normalized spacial score (nSPS) is 11.2. The van der Waals surface area contributed by atoms with Gasteiger partial charge in [-0.1, -0.05) is 0 Å². The van der Waals surface area contributed by atoms with Crippen molar-refractivity contribution in [1.82, 2.24) is 14.8 Å². The van der Waals surface area contributed by atoms with Gasteiger partial charge in [0.1, 0.15) is 22.8 Å². The molecule has 3 rings (SSSR count). The van der Waals surface area contributed by atoms with Crippen LogP contribution in [0.3, 0.4) is 0 Å². The SMILES string of the molecule is Cc1[c]nn(Cc2nc3cc(F)cc(F)c3s2)c(=O)c1C. The zero-order valence-corrected chi connectivity index (χ0v) is 12.1. The number of rotatable bonds is 2. The van der Waals surface area contributed by atoms with Gasteiger partial charge in [-0.15, -0.1) is 11.3 Å². The van der Waals surface area contributed by atoms with Gasteiger partial charge in [-0.05, 0) is 19.4 Å². The van der Waals surface area contributed by atoms with Crippen molar-refractivity contribution in [2.45, 2.75) is 20.4 Å². The molecule has 4 nitrogen and oxygen atoms in total. The monoisotopic (exact) mass is 306 g/mol. The van der Waals surface area contributed by atoms with Crippen molar-refractivity contribution in [3.63, 3.8) is 0 Å². The standard InChI is InChI=1S/C14H10F2N3OS/c1-7-5-17-19(14(20)8(7)2)6-12-18-11-4-9(15)3-10(16)13(11)21-12/h3-4H,6H2,1-2H3. The first-order valence-electron chi connectivity index (χ1n) is 6.16. The third-order valence-corrected chi connectivity index (χ3v) is 4.26. The summed E-state index contributed by atoms with van der Waals surface area (Å²) in [7, 11) is 0. The van der Waals surface area contributed by atoms with Crippen LogP contribution in [0.4, 0.5) is 8.78 Å². The molecule has 2 aromatic heterocycles. The summed E-state index contributed by atoms with van der Waals surface area (Å²) in [5, 5.41) is 4.41. The average molecular weight is 306 g/mol. The summed E-state index contributed by atoms with van der Waals surface area (Å²) in [5.41, 5.74) is 1.25. The third kappa shape index (κ3) is 2.44. The number of halogens is 2. The Bertz CT molecular complexity index is 901. The van der Waals surface area contributed by atoms with E-state index in [1.165, 1.54) is 10.7 Å². The van der Waals surface area contributed by atoms with E-state index >= 15 is 0 Å². The largest absolute Gasteiger partial charge is 0.270 e. The van der Waals surface area contributed by atoms with Crippen LogP contribution in [0.25, 0.3) is 10.2 Å². The minimum Gasteiger partial charge on any atom is -0.267 e. The molecule has 0 bridgehead atoms. The second-order valence-electron chi connectivity index (χ2n) is 4.67. The number of benzene rings is 1. The first kappa shape index (κ1) is 13.8. The summed E-state index contributed by atoms with van der Waals surface area (Å²) in [6.07, 6.45) is 2.74. The molecule has 107 valence electrons. The highest BCUT2D eigenvalue weighted by Gasteiger charge is 2.12. The molecule has 1 radical (unpaired) electrons. The van der Waals surface area contributed by atoms with E-state index < -0.39 is 11.6 Å². The van der Waals surface area contributed by atoms with E-state index in [1.807, 2.05) is 0 Å². The molecule has 21 heavy (non-hydrogen) atoms. The molecular weight excluding hydrogens is 296 g/mol. The number of thiazole rings is 1. The van der Waals surface area contributed by atoms with E-state index in [2.05, 4.69) is 16.3 Å². The summed E-state index contributed by atoms with van der Waals surface area (Å²) < 4.78 is 28.3. The zero-order valence-electron chi connectivity index (χ0n) is 11.3. The van der Waals surface area contributed by atoms with E-state index in [0.29, 0.717) is 16.1 Å². The predicted molar refractivity (Wildman–Crippen MR) is 75.4 cm³/mol. The fourth-order valence-corrected chi connectivity index (χ4v) is 2.86. The van der Waals surface area contributed by atoms with Gasteiger partial charge in [0.15, 0.2) is 0 Å². The Hall–Kier alpha value is -2.15. The molecule has 0 unspecified atom stereocenters. The summed E-state index contributed by atoms with van der Waals surface area (Å²) in [6.45, 7) is 3.56. The summed E-state index contributed by atoms with van der Waals surface area (Å²) >= 11 is 1.08. The Morgan fingerprint density at radius 1 is 1.33 bits per heavy atom. The van der Waals surface area contributed by atoms with Crippen molar-refractivity contribution in [3.8, 4) is 0 Å². The third-order valence-electron chi connectivity index (χ3n) is 3.19. The van der Waals surface area contributed by atoms with Crippen LogP contribution in [0.2, 0.25) is 0 Å². The van der Waals surface area contributed by atoms with E-state index in [4.69, 9.17) is 0 Å². The van der Waals surface area contributed by atoms with Crippen LogP contribution in [0, 0.1) is 31.7 Å². The highest BCUT2D eigenvalue weighted by Crippen LogP contribution is 2.26. The van der Waals surface area contributed by atoms with Gasteiger partial charge in [0.05, 0.1) is 16.8 Å². The van der Waals surface area contributed by atoms with Crippen LogP contribution in [-0.2, 0) is 6.54 Å². The fourth-order valence-electron chi connectivity index (χ4n) is 1.93. The molecular formula is C14H10F2N3OS. The molecule has 0 aliphatic heterocycles. The number of aryl methyl sites for hydroxylation is 1.